The number of nitrogens with zero attached hydrogens (tertiary/aromatic N) is 4. The Morgan fingerprint density at radius 1 is 0.852 bits per heavy atom. The van der Waals surface area contributed by atoms with Gasteiger partial charge in [-0.2, -0.15) is 0 Å². The van der Waals surface area contributed by atoms with Crippen LogP contribution in [0.5, 0.6) is 5.75 Å². The van der Waals surface area contributed by atoms with Crippen molar-refractivity contribution in [1.82, 2.24) is 19.9 Å². The highest BCUT2D eigenvalue weighted by Crippen LogP contribution is 2.36. The van der Waals surface area contributed by atoms with Crippen LogP contribution in [-0.4, -0.2) is 27.0 Å². The predicted octanol–water partition coefficient (Wildman–Crippen LogP) is 5.58. The summed E-state index contributed by atoms with van der Waals surface area (Å²) in [6, 6.07) is 0. The molecule has 146 valence electrons. The summed E-state index contributed by atoms with van der Waals surface area (Å²) in [5, 5.41) is 0. The zero-order valence-corrected chi connectivity index (χ0v) is 16.7. The lowest BCUT2D eigenvalue weighted by molar-refractivity contribution is 0.296. The van der Waals surface area contributed by atoms with Crippen LogP contribution in [0.15, 0.2) is 24.8 Å². The van der Waals surface area contributed by atoms with Gasteiger partial charge in [0, 0.05) is 18.3 Å². The first-order valence-electron chi connectivity index (χ1n) is 10.5. The second kappa shape index (κ2) is 10.3. The first-order chi connectivity index (χ1) is 13.3. The predicted molar refractivity (Wildman–Crippen MR) is 108 cm³/mol. The van der Waals surface area contributed by atoms with E-state index in [-0.39, 0.29) is 0 Å². The third kappa shape index (κ3) is 5.72. The van der Waals surface area contributed by atoms with Crippen LogP contribution in [0.25, 0.3) is 11.4 Å². The van der Waals surface area contributed by atoms with Gasteiger partial charge in [-0.3, -0.25) is 0 Å². The summed E-state index contributed by atoms with van der Waals surface area (Å²) in [4.78, 5) is 17.8. The molecule has 0 saturated heterocycles. The number of ether oxygens (including phenoxy) is 1. The van der Waals surface area contributed by atoms with Gasteiger partial charge in [0.15, 0.2) is 11.6 Å². The van der Waals surface area contributed by atoms with Crippen molar-refractivity contribution >= 4 is 0 Å². The lowest BCUT2D eigenvalue weighted by Gasteiger charge is -2.27. The van der Waals surface area contributed by atoms with Crippen molar-refractivity contribution in [2.24, 2.45) is 5.92 Å². The molecule has 0 spiro atoms. The lowest BCUT2D eigenvalue weighted by atomic mass is 9.79. The number of aromatic nitrogens is 4. The molecule has 2 aromatic heterocycles. The highest BCUT2D eigenvalue weighted by molar-refractivity contribution is 5.51. The maximum atomic E-state index is 5.10. The Labute approximate surface area is 163 Å². The van der Waals surface area contributed by atoms with E-state index in [2.05, 4.69) is 26.9 Å². The molecule has 0 amide bonds. The summed E-state index contributed by atoms with van der Waals surface area (Å²) in [7, 11) is 1.61. The molecule has 0 bridgehead atoms. The first-order valence-corrected chi connectivity index (χ1v) is 10.5. The fraction of sp³-hybridized carbons (Fsp3) is 0.636. The molecule has 1 aliphatic carbocycles. The van der Waals surface area contributed by atoms with Crippen LogP contribution < -0.4 is 4.74 Å². The van der Waals surface area contributed by atoms with E-state index in [4.69, 9.17) is 4.74 Å². The van der Waals surface area contributed by atoms with E-state index < -0.39 is 0 Å². The molecule has 3 rings (SSSR count). The molecule has 1 saturated carbocycles. The summed E-state index contributed by atoms with van der Waals surface area (Å²) in [6.45, 7) is 2.28. The number of unbranched alkanes of at least 4 members (excludes halogenated alkanes) is 4. The molecule has 1 aliphatic rings. The zero-order valence-electron chi connectivity index (χ0n) is 16.7. The van der Waals surface area contributed by atoms with E-state index in [0.717, 1.165) is 17.3 Å². The Morgan fingerprint density at radius 3 is 2.15 bits per heavy atom. The van der Waals surface area contributed by atoms with Gasteiger partial charge in [0.25, 0.3) is 0 Å². The van der Waals surface area contributed by atoms with Crippen molar-refractivity contribution in [3.63, 3.8) is 0 Å². The standard InChI is InChI=1S/C22H32N4O/c1-3-4-5-6-7-8-17-9-11-18(12-10-17)21-23-13-19(14-24-21)22-25-15-20(27-2)16-26-22/h13-18H,3-12H2,1-2H3/t17-,18-. The van der Waals surface area contributed by atoms with Crippen LogP contribution in [0, 0.1) is 5.92 Å². The van der Waals surface area contributed by atoms with Gasteiger partial charge in [-0.05, 0) is 31.6 Å². The van der Waals surface area contributed by atoms with Crippen LogP contribution in [0.2, 0.25) is 0 Å². The lowest BCUT2D eigenvalue weighted by Crippen LogP contribution is -2.15. The average Bonchev–Trinajstić information content (AvgIpc) is 2.74. The minimum atomic E-state index is 0.507. The largest absolute Gasteiger partial charge is 0.494 e. The van der Waals surface area contributed by atoms with Crippen molar-refractivity contribution in [1.29, 1.82) is 0 Å². The van der Waals surface area contributed by atoms with Gasteiger partial charge >= 0.3 is 0 Å². The number of methoxy groups -OCH3 is 1. The summed E-state index contributed by atoms with van der Waals surface area (Å²) in [5.74, 6) is 3.68. The number of hydrogen-bond acceptors (Lipinski definition) is 5. The Kier molecular flexibility index (Phi) is 7.55. The summed E-state index contributed by atoms with van der Waals surface area (Å²) in [6.07, 6.45) is 20.5. The Morgan fingerprint density at radius 2 is 1.52 bits per heavy atom. The summed E-state index contributed by atoms with van der Waals surface area (Å²) < 4.78 is 5.10. The minimum Gasteiger partial charge on any atom is -0.494 e. The Bertz CT molecular complexity index is 664. The molecule has 2 aromatic rings. The Balaban J connectivity index is 1.47. The number of rotatable bonds is 9. The van der Waals surface area contributed by atoms with Crippen molar-refractivity contribution < 1.29 is 4.74 Å². The van der Waals surface area contributed by atoms with Gasteiger partial charge in [-0.1, -0.05) is 45.4 Å². The van der Waals surface area contributed by atoms with Crippen LogP contribution in [0.3, 0.4) is 0 Å². The van der Waals surface area contributed by atoms with Gasteiger partial charge in [-0.25, -0.2) is 19.9 Å². The van der Waals surface area contributed by atoms with Crippen LogP contribution in [0.4, 0.5) is 0 Å². The third-order valence-corrected chi connectivity index (χ3v) is 5.72. The van der Waals surface area contributed by atoms with Crippen molar-refractivity contribution in [3.8, 4) is 17.1 Å². The third-order valence-electron chi connectivity index (χ3n) is 5.72. The van der Waals surface area contributed by atoms with Gasteiger partial charge < -0.3 is 4.74 Å². The highest BCUT2D eigenvalue weighted by atomic mass is 16.5. The average molecular weight is 369 g/mol. The molecular weight excluding hydrogens is 336 g/mol. The molecule has 0 aromatic carbocycles. The summed E-state index contributed by atoms with van der Waals surface area (Å²) in [5.41, 5.74) is 0.849. The van der Waals surface area contributed by atoms with Crippen molar-refractivity contribution in [2.45, 2.75) is 77.0 Å². The van der Waals surface area contributed by atoms with E-state index >= 15 is 0 Å². The normalized spacial score (nSPS) is 19.8. The quantitative estimate of drug-likeness (QED) is 0.541. The summed E-state index contributed by atoms with van der Waals surface area (Å²) >= 11 is 0. The van der Waals surface area contributed by atoms with E-state index in [9.17, 15) is 0 Å². The maximum absolute atomic E-state index is 5.10. The molecule has 1 fully saturated rings. The van der Waals surface area contributed by atoms with E-state index in [1.807, 2.05) is 12.4 Å². The van der Waals surface area contributed by atoms with Crippen LogP contribution in [0.1, 0.15) is 82.9 Å². The van der Waals surface area contributed by atoms with Crippen molar-refractivity contribution in [3.05, 3.63) is 30.6 Å². The van der Waals surface area contributed by atoms with E-state index in [1.54, 1.807) is 19.5 Å². The van der Waals surface area contributed by atoms with Crippen molar-refractivity contribution in [2.75, 3.05) is 7.11 Å². The molecule has 0 radical (unpaired) electrons. The van der Waals surface area contributed by atoms with Gasteiger partial charge in [0.05, 0.1) is 25.1 Å². The first kappa shape index (κ1) is 19.7. The van der Waals surface area contributed by atoms with E-state index in [0.29, 0.717) is 17.5 Å². The molecule has 5 heteroatoms. The molecular formula is C22H32N4O. The molecule has 0 unspecified atom stereocenters. The zero-order chi connectivity index (χ0) is 18.9. The van der Waals surface area contributed by atoms with Gasteiger partial charge in [0.1, 0.15) is 5.82 Å². The topological polar surface area (TPSA) is 60.8 Å². The fourth-order valence-electron chi connectivity index (χ4n) is 3.98. The smallest absolute Gasteiger partial charge is 0.162 e. The van der Waals surface area contributed by atoms with E-state index in [1.165, 1.54) is 64.2 Å². The minimum absolute atomic E-state index is 0.507. The number of hydrogen-bond donors (Lipinski definition) is 0. The molecule has 27 heavy (non-hydrogen) atoms. The van der Waals surface area contributed by atoms with Crippen LogP contribution >= 0.6 is 0 Å². The molecule has 0 atom stereocenters. The highest BCUT2D eigenvalue weighted by Gasteiger charge is 2.24. The SMILES string of the molecule is CCCCCCC[C@H]1CC[C@H](c2ncc(-c3ncc(OC)cn3)cn2)CC1. The Hall–Kier alpha value is -2.04. The fourth-order valence-corrected chi connectivity index (χ4v) is 3.98. The van der Waals surface area contributed by atoms with Gasteiger partial charge in [0.2, 0.25) is 0 Å². The van der Waals surface area contributed by atoms with Crippen LogP contribution in [-0.2, 0) is 0 Å². The molecule has 5 nitrogen and oxygen atoms in total. The second-order valence-electron chi connectivity index (χ2n) is 7.70. The van der Waals surface area contributed by atoms with Gasteiger partial charge in [-0.15, -0.1) is 0 Å². The second-order valence-corrected chi connectivity index (χ2v) is 7.70. The monoisotopic (exact) mass is 368 g/mol. The maximum Gasteiger partial charge on any atom is 0.162 e. The molecule has 0 aliphatic heterocycles. The molecule has 0 N–H and O–H groups in total. The molecule has 2 heterocycles.